The summed E-state index contributed by atoms with van der Waals surface area (Å²) < 4.78 is 31.9. The van der Waals surface area contributed by atoms with Gasteiger partial charge in [-0.25, -0.2) is 0 Å². The summed E-state index contributed by atoms with van der Waals surface area (Å²) in [6, 6.07) is 0. The maximum atomic E-state index is 11.5. The van der Waals surface area contributed by atoms with Crippen LogP contribution in [-0.2, 0) is 33.2 Å². The maximum Gasteiger partial charge on any atom is 0.303 e. The molecule has 3 rings (SSSR count). The molecule has 36 heavy (non-hydrogen) atoms. The Morgan fingerprint density at radius 1 is 0.722 bits per heavy atom. The fraction of sp³-hybridized carbons (Fsp3) is 0.950. The standard InChI is InChI=1S/C20H34O16/c1-5-9(23)12(26)17(33-6(2)22)20(32-5)36-16-7(3-21)35-19(15(29)13(16)27)31-4-8-10(24)11(25)14(28)18(30)34-8/h5,7-21,23-30H,3-4H2,1-2H3/t5-,7+,8+,9-,10+,11-,12+,13+,14+,15+,16+,17+,18+,19+,20-/m0/s1. The van der Waals surface area contributed by atoms with E-state index in [4.69, 9.17) is 28.4 Å². The quantitative estimate of drug-likeness (QED) is 0.139. The molecule has 3 saturated heterocycles. The SMILES string of the molecule is CC(=O)O[C@H]1[C@H](O[C@H]2[C@H](O)[C@@H](O)[C@H](OC[C@H]3O[C@@H](O)[C@H](O)[C@@H](O)[C@@H]3O)O[C@@H]2CO)O[C@@H](C)[C@H](O)[C@H]1O. The third-order valence-electron chi connectivity index (χ3n) is 6.31. The van der Waals surface area contributed by atoms with Crippen molar-refractivity contribution in [2.45, 2.75) is 106 Å². The van der Waals surface area contributed by atoms with Crippen LogP contribution in [0.3, 0.4) is 0 Å². The van der Waals surface area contributed by atoms with Crippen LogP contribution in [0, 0.1) is 0 Å². The second kappa shape index (κ2) is 12.2. The summed E-state index contributed by atoms with van der Waals surface area (Å²) in [6.45, 7) is 1.15. The monoisotopic (exact) mass is 530 g/mol. The maximum absolute atomic E-state index is 11.5. The molecule has 3 fully saturated rings. The summed E-state index contributed by atoms with van der Waals surface area (Å²) in [7, 11) is 0. The van der Waals surface area contributed by atoms with Gasteiger partial charge in [-0.05, 0) is 6.92 Å². The van der Waals surface area contributed by atoms with E-state index in [9.17, 15) is 50.8 Å². The number of hydrogen-bond donors (Lipinski definition) is 9. The van der Waals surface area contributed by atoms with Crippen molar-refractivity contribution >= 4 is 5.97 Å². The normalized spacial score (nSPS) is 50.0. The number of ether oxygens (including phenoxy) is 6. The molecule has 0 radical (unpaired) electrons. The highest BCUT2D eigenvalue weighted by Gasteiger charge is 2.52. The molecule has 3 heterocycles. The summed E-state index contributed by atoms with van der Waals surface area (Å²) in [6.07, 6.45) is -23.4. The lowest BCUT2D eigenvalue weighted by molar-refractivity contribution is -0.361. The molecule has 3 aliphatic heterocycles. The smallest absolute Gasteiger partial charge is 0.303 e. The molecule has 16 heteroatoms. The van der Waals surface area contributed by atoms with Crippen LogP contribution in [0.5, 0.6) is 0 Å². The summed E-state index contributed by atoms with van der Waals surface area (Å²) >= 11 is 0. The van der Waals surface area contributed by atoms with Gasteiger partial charge in [-0.3, -0.25) is 4.79 Å². The lowest BCUT2D eigenvalue weighted by Gasteiger charge is -2.46. The van der Waals surface area contributed by atoms with Crippen molar-refractivity contribution in [1.82, 2.24) is 0 Å². The van der Waals surface area contributed by atoms with Crippen LogP contribution in [0.15, 0.2) is 0 Å². The summed E-state index contributed by atoms with van der Waals surface area (Å²) in [5.41, 5.74) is 0. The van der Waals surface area contributed by atoms with Crippen molar-refractivity contribution in [3.8, 4) is 0 Å². The average Bonchev–Trinajstić information content (AvgIpc) is 2.83. The van der Waals surface area contributed by atoms with Gasteiger partial charge in [0.15, 0.2) is 25.0 Å². The second-order valence-corrected chi connectivity index (χ2v) is 8.94. The van der Waals surface area contributed by atoms with Crippen molar-refractivity contribution < 1.29 is 79.2 Å². The van der Waals surface area contributed by atoms with Crippen LogP contribution in [0.4, 0.5) is 0 Å². The van der Waals surface area contributed by atoms with E-state index < -0.39 is 111 Å². The first kappa shape index (κ1) is 29.5. The first-order valence-electron chi connectivity index (χ1n) is 11.3. The molecule has 0 saturated carbocycles. The zero-order valence-corrected chi connectivity index (χ0v) is 19.5. The lowest BCUT2D eigenvalue weighted by Crippen LogP contribution is -2.65. The Morgan fingerprint density at radius 3 is 1.97 bits per heavy atom. The van der Waals surface area contributed by atoms with Gasteiger partial charge in [0.2, 0.25) is 0 Å². The van der Waals surface area contributed by atoms with E-state index in [2.05, 4.69) is 0 Å². The lowest BCUT2D eigenvalue weighted by atomic mass is 9.97. The summed E-state index contributed by atoms with van der Waals surface area (Å²) in [5.74, 6) is -0.819. The Hall–Kier alpha value is -1.09. The molecular weight excluding hydrogens is 496 g/mol. The van der Waals surface area contributed by atoms with Gasteiger partial charge in [-0.1, -0.05) is 0 Å². The van der Waals surface area contributed by atoms with E-state index >= 15 is 0 Å². The Labute approximate surface area is 205 Å². The van der Waals surface area contributed by atoms with E-state index in [0.29, 0.717) is 0 Å². The van der Waals surface area contributed by atoms with Crippen LogP contribution in [-0.4, -0.2) is 157 Å². The molecule has 0 amide bonds. The molecule has 0 aromatic carbocycles. The van der Waals surface area contributed by atoms with Gasteiger partial charge in [0.05, 0.1) is 19.3 Å². The Morgan fingerprint density at radius 2 is 1.36 bits per heavy atom. The largest absolute Gasteiger partial charge is 0.454 e. The highest BCUT2D eigenvalue weighted by Crippen LogP contribution is 2.31. The second-order valence-electron chi connectivity index (χ2n) is 8.94. The van der Waals surface area contributed by atoms with Crippen molar-refractivity contribution in [1.29, 1.82) is 0 Å². The molecule has 0 bridgehead atoms. The number of rotatable bonds is 7. The highest BCUT2D eigenvalue weighted by atomic mass is 16.8. The van der Waals surface area contributed by atoms with E-state index in [1.807, 2.05) is 0 Å². The van der Waals surface area contributed by atoms with Gasteiger partial charge < -0.3 is 74.4 Å². The van der Waals surface area contributed by atoms with Gasteiger partial charge in [0, 0.05) is 6.92 Å². The van der Waals surface area contributed by atoms with Crippen molar-refractivity contribution in [2.24, 2.45) is 0 Å². The van der Waals surface area contributed by atoms with Crippen LogP contribution in [0.25, 0.3) is 0 Å². The number of hydrogen-bond acceptors (Lipinski definition) is 16. The Kier molecular flexibility index (Phi) is 9.97. The van der Waals surface area contributed by atoms with Crippen molar-refractivity contribution in [2.75, 3.05) is 13.2 Å². The molecule has 0 aromatic rings. The van der Waals surface area contributed by atoms with E-state index in [1.54, 1.807) is 0 Å². The molecule has 0 unspecified atom stereocenters. The number of esters is 1. The average molecular weight is 530 g/mol. The van der Waals surface area contributed by atoms with Crippen LogP contribution in [0.2, 0.25) is 0 Å². The van der Waals surface area contributed by atoms with Gasteiger partial charge in [-0.15, -0.1) is 0 Å². The van der Waals surface area contributed by atoms with Crippen LogP contribution >= 0.6 is 0 Å². The number of aliphatic hydroxyl groups excluding tert-OH is 9. The molecule has 0 spiro atoms. The van der Waals surface area contributed by atoms with E-state index in [0.717, 1.165) is 6.92 Å². The number of carbonyl (C=O) groups is 1. The zero-order chi connectivity index (χ0) is 26.9. The topological polar surface area (TPSA) is 255 Å². The van der Waals surface area contributed by atoms with Gasteiger partial charge in [0.1, 0.15) is 61.0 Å². The Bertz CT molecular complexity index is 724. The minimum atomic E-state index is -1.82. The zero-order valence-electron chi connectivity index (χ0n) is 19.5. The van der Waals surface area contributed by atoms with Crippen molar-refractivity contribution in [3.05, 3.63) is 0 Å². The molecule has 210 valence electrons. The van der Waals surface area contributed by atoms with E-state index in [-0.39, 0.29) is 0 Å². The first-order chi connectivity index (χ1) is 16.9. The summed E-state index contributed by atoms with van der Waals surface area (Å²) in [4.78, 5) is 11.5. The minimum Gasteiger partial charge on any atom is -0.454 e. The van der Waals surface area contributed by atoms with Gasteiger partial charge >= 0.3 is 5.97 Å². The number of aliphatic hydroxyl groups is 9. The third-order valence-corrected chi connectivity index (χ3v) is 6.31. The molecule has 0 aliphatic carbocycles. The van der Waals surface area contributed by atoms with Crippen LogP contribution < -0.4 is 0 Å². The third kappa shape index (κ3) is 6.13. The predicted molar refractivity (Wildman–Crippen MR) is 109 cm³/mol. The van der Waals surface area contributed by atoms with E-state index in [1.165, 1.54) is 6.92 Å². The molecule has 9 N–H and O–H groups in total. The number of carbonyl (C=O) groups excluding carboxylic acids is 1. The minimum absolute atomic E-state index is 0.567. The summed E-state index contributed by atoms with van der Waals surface area (Å²) in [5, 5.41) is 90.3. The van der Waals surface area contributed by atoms with Crippen LogP contribution in [0.1, 0.15) is 13.8 Å². The van der Waals surface area contributed by atoms with Crippen molar-refractivity contribution in [3.63, 3.8) is 0 Å². The molecule has 16 nitrogen and oxygen atoms in total. The molecule has 3 aliphatic rings. The van der Waals surface area contributed by atoms with Gasteiger partial charge in [-0.2, -0.15) is 0 Å². The fourth-order valence-corrected chi connectivity index (χ4v) is 4.20. The predicted octanol–water partition coefficient (Wildman–Crippen LogP) is -5.97. The fourth-order valence-electron chi connectivity index (χ4n) is 4.20. The van der Waals surface area contributed by atoms with Gasteiger partial charge in [0.25, 0.3) is 0 Å². The first-order valence-corrected chi connectivity index (χ1v) is 11.3. The highest BCUT2D eigenvalue weighted by molar-refractivity contribution is 5.66. The molecular formula is C20H34O16. The molecule has 15 atom stereocenters. The Balaban J connectivity index is 1.67. The molecule has 0 aromatic heterocycles.